The second-order valence-electron chi connectivity index (χ2n) is 5.09. The van der Waals surface area contributed by atoms with E-state index in [9.17, 15) is 9.90 Å². The van der Waals surface area contributed by atoms with Crippen LogP contribution in [0, 0.1) is 0 Å². The van der Waals surface area contributed by atoms with Gasteiger partial charge in [0.2, 0.25) is 5.91 Å². The lowest BCUT2D eigenvalue weighted by Crippen LogP contribution is -2.28. The van der Waals surface area contributed by atoms with Crippen LogP contribution in [0.15, 0.2) is 30.3 Å². The number of benzene rings is 1. The minimum atomic E-state index is -0.117. The van der Waals surface area contributed by atoms with Crippen LogP contribution >= 0.6 is 0 Å². The van der Waals surface area contributed by atoms with Crippen LogP contribution in [-0.2, 0) is 11.2 Å². The number of nitrogens with one attached hydrogen (secondary N) is 1. The topological polar surface area (TPSA) is 69.2 Å². The number of para-hydroxylation sites is 1. The zero-order valence-corrected chi connectivity index (χ0v) is 11.9. The van der Waals surface area contributed by atoms with E-state index >= 15 is 0 Å². The van der Waals surface area contributed by atoms with Gasteiger partial charge in [0.25, 0.3) is 0 Å². The molecule has 0 bridgehead atoms. The number of H-pyrrole nitrogens is 1. The molecule has 0 aliphatic carbocycles. The Kier molecular flexibility index (Phi) is 4.08. The number of likely N-dealkylation sites (N-methyl/N-ethyl adjacent to an activating group) is 1. The molecule has 0 fully saturated rings. The highest BCUT2D eigenvalue weighted by Gasteiger charge is 2.16. The molecule has 1 aromatic carbocycles. The molecule has 1 amide bonds. The van der Waals surface area contributed by atoms with Crippen LogP contribution in [0.25, 0.3) is 0 Å². The Morgan fingerprint density at radius 1 is 1.40 bits per heavy atom. The van der Waals surface area contributed by atoms with Crippen molar-refractivity contribution in [3.63, 3.8) is 0 Å². The standard InChI is InChI=1S/C15H19N3O2/c1-10(2)12-9-14(17-16-12)18(3)15(20)8-11-6-4-5-7-13(11)19/h4-7,9-10,19H,8H2,1-3H3,(H,16,17). The highest BCUT2D eigenvalue weighted by Crippen LogP contribution is 2.20. The molecule has 0 spiro atoms. The van der Waals surface area contributed by atoms with Gasteiger partial charge in [-0.2, -0.15) is 5.10 Å². The first kappa shape index (κ1) is 14.1. The second-order valence-corrected chi connectivity index (χ2v) is 5.09. The van der Waals surface area contributed by atoms with Crippen molar-refractivity contribution in [1.82, 2.24) is 10.2 Å². The Morgan fingerprint density at radius 3 is 2.70 bits per heavy atom. The number of hydrogen-bond donors (Lipinski definition) is 2. The van der Waals surface area contributed by atoms with E-state index in [-0.39, 0.29) is 18.1 Å². The minimum Gasteiger partial charge on any atom is -0.508 e. The third-order valence-electron chi connectivity index (χ3n) is 3.26. The number of nitrogens with zero attached hydrogens (tertiary/aromatic N) is 2. The first-order chi connectivity index (χ1) is 9.49. The molecule has 2 rings (SSSR count). The molecule has 20 heavy (non-hydrogen) atoms. The summed E-state index contributed by atoms with van der Waals surface area (Å²) >= 11 is 0. The van der Waals surface area contributed by atoms with Crippen LogP contribution in [0.3, 0.4) is 0 Å². The molecule has 0 radical (unpaired) electrons. The number of carbonyl (C=O) groups excluding carboxylic acids is 1. The summed E-state index contributed by atoms with van der Waals surface area (Å²) in [5, 5.41) is 16.8. The van der Waals surface area contributed by atoms with Crippen molar-refractivity contribution < 1.29 is 9.90 Å². The maximum absolute atomic E-state index is 12.2. The van der Waals surface area contributed by atoms with Gasteiger partial charge in [0.05, 0.1) is 6.42 Å². The van der Waals surface area contributed by atoms with Gasteiger partial charge in [0.1, 0.15) is 5.75 Å². The van der Waals surface area contributed by atoms with Crippen LogP contribution in [0.1, 0.15) is 31.0 Å². The van der Waals surface area contributed by atoms with E-state index in [1.807, 2.05) is 6.07 Å². The number of aromatic nitrogens is 2. The summed E-state index contributed by atoms with van der Waals surface area (Å²) < 4.78 is 0. The van der Waals surface area contributed by atoms with Crippen molar-refractivity contribution in [2.75, 3.05) is 11.9 Å². The van der Waals surface area contributed by atoms with Gasteiger partial charge in [-0.25, -0.2) is 0 Å². The van der Waals surface area contributed by atoms with Crippen LogP contribution in [0.4, 0.5) is 5.82 Å². The number of rotatable bonds is 4. The number of aromatic amines is 1. The Labute approximate surface area is 118 Å². The number of carbonyl (C=O) groups is 1. The Bertz CT molecular complexity index is 605. The highest BCUT2D eigenvalue weighted by atomic mass is 16.3. The molecule has 2 N–H and O–H groups in total. The molecule has 0 atom stereocenters. The molecule has 5 heteroatoms. The third kappa shape index (κ3) is 2.99. The van der Waals surface area contributed by atoms with E-state index in [1.54, 1.807) is 31.3 Å². The number of amides is 1. The molecule has 0 saturated carbocycles. The normalized spacial score (nSPS) is 10.8. The molecule has 106 valence electrons. The third-order valence-corrected chi connectivity index (χ3v) is 3.26. The SMILES string of the molecule is CC(C)c1cc(N(C)C(=O)Cc2ccccc2O)n[nH]1. The maximum atomic E-state index is 12.2. The first-order valence-electron chi connectivity index (χ1n) is 6.57. The average molecular weight is 273 g/mol. The van der Waals surface area contributed by atoms with Gasteiger partial charge in [0, 0.05) is 24.4 Å². The fourth-order valence-corrected chi connectivity index (χ4v) is 1.86. The summed E-state index contributed by atoms with van der Waals surface area (Å²) in [4.78, 5) is 13.7. The fraction of sp³-hybridized carbons (Fsp3) is 0.333. The van der Waals surface area contributed by atoms with Crippen molar-refractivity contribution in [2.24, 2.45) is 0 Å². The molecule has 0 aliphatic heterocycles. The summed E-state index contributed by atoms with van der Waals surface area (Å²) in [6.07, 6.45) is 0.146. The van der Waals surface area contributed by atoms with Crippen molar-refractivity contribution in [1.29, 1.82) is 0 Å². The molecule has 1 aromatic heterocycles. The van der Waals surface area contributed by atoms with E-state index in [1.165, 1.54) is 4.90 Å². The van der Waals surface area contributed by atoms with Crippen LogP contribution in [-0.4, -0.2) is 28.3 Å². The molecular formula is C15H19N3O2. The van der Waals surface area contributed by atoms with Crippen LogP contribution in [0.2, 0.25) is 0 Å². The van der Waals surface area contributed by atoms with Crippen molar-refractivity contribution in [3.05, 3.63) is 41.6 Å². The summed E-state index contributed by atoms with van der Waals surface area (Å²) in [5.74, 6) is 0.944. The van der Waals surface area contributed by atoms with Gasteiger partial charge < -0.3 is 5.11 Å². The monoisotopic (exact) mass is 273 g/mol. The van der Waals surface area contributed by atoms with Gasteiger partial charge in [-0.3, -0.25) is 14.8 Å². The van der Waals surface area contributed by atoms with Crippen molar-refractivity contribution in [3.8, 4) is 5.75 Å². The van der Waals surface area contributed by atoms with Gasteiger partial charge in [0.15, 0.2) is 5.82 Å². The van der Waals surface area contributed by atoms with E-state index < -0.39 is 0 Å². The zero-order valence-electron chi connectivity index (χ0n) is 11.9. The Morgan fingerprint density at radius 2 is 2.10 bits per heavy atom. The van der Waals surface area contributed by atoms with E-state index in [0.717, 1.165) is 5.69 Å². The highest BCUT2D eigenvalue weighted by molar-refractivity contribution is 5.93. The van der Waals surface area contributed by atoms with E-state index in [4.69, 9.17) is 0 Å². The molecule has 0 saturated heterocycles. The van der Waals surface area contributed by atoms with E-state index in [0.29, 0.717) is 17.3 Å². The number of hydrogen-bond acceptors (Lipinski definition) is 3. The molecule has 0 unspecified atom stereocenters. The zero-order chi connectivity index (χ0) is 14.7. The fourth-order valence-electron chi connectivity index (χ4n) is 1.86. The van der Waals surface area contributed by atoms with Crippen molar-refractivity contribution >= 4 is 11.7 Å². The van der Waals surface area contributed by atoms with Gasteiger partial charge >= 0.3 is 0 Å². The van der Waals surface area contributed by atoms with Gasteiger partial charge in [-0.1, -0.05) is 32.0 Å². The van der Waals surface area contributed by atoms with Crippen molar-refractivity contribution in [2.45, 2.75) is 26.2 Å². The lowest BCUT2D eigenvalue weighted by molar-refractivity contribution is -0.117. The number of phenolic OH excluding ortho intramolecular Hbond substituents is 1. The average Bonchev–Trinajstić information content (AvgIpc) is 2.90. The molecule has 2 aromatic rings. The maximum Gasteiger partial charge on any atom is 0.232 e. The largest absolute Gasteiger partial charge is 0.508 e. The number of phenols is 1. The smallest absolute Gasteiger partial charge is 0.232 e. The van der Waals surface area contributed by atoms with Gasteiger partial charge in [-0.05, 0) is 12.0 Å². The quantitative estimate of drug-likeness (QED) is 0.899. The Balaban J connectivity index is 2.10. The number of anilines is 1. The van der Waals surface area contributed by atoms with Gasteiger partial charge in [-0.15, -0.1) is 0 Å². The molecule has 1 heterocycles. The molecule has 5 nitrogen and oxygen atoms in total. The van der Waals surface area contributed by atoms with Crippen LogP contribution < -0.4 is 4.90 Å². The lowest BCUT2D eigenvalue weighted by Gasteiger charge is -2.14. The first-order valence-corrected chi connectivity index (χ1v) is 6.57. The Hall–Kier alpha value is -2.30. The molecule has 0 aliphatic rings. The molecular weight excluding hydrogens is 254 g/mol. The summed E-state index contributed by atoms with van der Waals surface area (Å²) in [5.41, 5.74) is 1.60. The second kappa shape index (κ2) is 5.77. The predicted molar refractivity (Wildman–Crippen MR) is 77.9 cm³/mol. The minimum absolute atomic E-state index is 0.117. The van der Waals surface area contributed by atoms with E-state index in [2.05, 4.69) is 24.0 Å². The summed E-state index contributed by atoms with van der Waals surface area (Å²) in [6, 6.07) is 8.72. The summed E-state index contributed by atoms with van der Waals surface area (Å²) in [7, 11) is 1.68. The number of aromatic hydroxyl groups is 1. The van der Waals surface area contributed by atoms with Crippen LogP contribution in [0.5, 0.6) is 5.75 Å². The predicted octanol–water partition coefficient (Wildman–Crippen LogP) is 2.44. The summed E-state index contributed by atoms with van der Waals surface area (Å²) in [6.45, 7) is 4.11. The lowest BCUT2D eigenvalue weighted by atomic mass is 10.1.